The molecule has 1 atom stereocenters. The maximum absolute atomic E-state index is 10.9. The highest BCUT2D eigenvalue weighted by atomic mass is 16.3. The standard InChI is InChI=1S/C7H14N2O2/c1-5(10)4-8-7(11)9-6-2-3-6/h5-6,10H,2-4H2,1H3,(H2,8,9,11). The van der Waals surface area contributed by atoms with Gasteiger partial charge in [-0.3, -0.25) is 0 Å². The highest BCUT2D eigenvalue weighted by Gasteiger charge is 2.22. The van der Waals surface area contributed by atoms with E-state index in [9.17, 15) is 4.79 Å². The van der Waals surface area contributed by atoms with Gasteiger partial charge in [0.1, 0.15) is 0 Å². The van der Waals surface area contributed by atoms with Gasteiger partial charge < -0.3 is 15.7 Å². The van der Waals surface area contributed by atoms with Crippen molar-refractivity contribution in [2.75, 3.05) is 6.54 Å². The van der Waals surface area contributed by atoms with Crippen LogP contribution in [0.1, 0.15) is 19.8 Å². The maximum atomic E-state index is 10.9. The van der Waals surface area contributed by atoms with Crippen LogP contribution in [-0.4, -0.2) is 29.8 Å². The highest BCUT2D eigenvalue weighted by molar-refractivity contribution is 5.74. The smallest absolute Gasteiger partial charge is 0.315 e. The minimum atomic E-state index is -0.472. The van der Waals surface area contributed by atoms with E-state index in [4.69, 9.17) is 5.11 Å². The summed E-state index contributed by atoms with van der Waals surface area (Å²) in [6, 6.07) is 0.206. The van der Waals surface area contributed by atoms with Gasteiger partial charge in [-0.25, -0.2) is 4.79 Å². The SMILES string of the molecule is CC(O)CNC(=O)NC1CC1. The average Bonchev–Trinajstić information content (AvgIpc) is 2.67. The van der Waals surface area contributed by atoms with Crippen LogP contribution in [0.5, 0.6) is 0 Å². The molecule has 1 aliphatic rings. The van der Waals surface area contributed by atoms with Crippen molar-refractivity contribution >= 4 is 6.03 Å². The molecule has 1 rings (SSSR count). The van der Waals surface area contributed by atoms with E-state index in [1.54, 1.807) is 6.92 Å². The predicted molar refractivity (Wildman–Crippen MR) is 41.2 cm³/mol. The molecule has 0 radical (unpaired) electrons. The topological polar surface area (TPSA) is 61.4 Å². The molecular weight excluding hydrogens is 144 g/mol. The normalized spacial score (nSPS) is 19.1. The summed E-state index contributed by atoms with van der Waals surface area (Å²) in [6.07, 6.45) is 1.70. The summed E-state index contributed by atoms with van der Waals surface area (Å²) in [7, 11) is 0. The first kappa shape index (κ1) is 8.33. The van der Waals surface area contributed by atoms with E-state index < -0.39 is 6.10 Å². The molecule has 0 aromatic carbocycles. The Labute approximate surface area is 66.0 Å². The molecule has 1 aliphatic carbocycles. The van der Waals surface area contributed by atoms with E-state index in [-0.39, 0.29) is 6.03 Å². The second kappa shape index (κ2) is 3.57. The van der Waals surface area contributed by atoms with Gasteiger partial charge in [-0.05, 0) is 19.8 Å². The Hall–Kier alpha value is -0.770. The molecule has 4 nitrogen and oxygen atoms in total. The predicted octanol–water partition coefficient (Wildman–Crippen LogP) is -0.171. The van der Waals surface area contributed by atoms with Crippen molar-refractivity contribution in [2.24, 2.45) is 0 Å². The number of aliphatic hydroxyl groups excluding tert-OH is 1. The van der Waals surface area contributed by atoms with Crippen LogP contribution >= 0.6 is 0 Å². The van der Waals surface area contributed by atoms with E-state index in [1.165, 1.54) is 0 Å². The number of aliphatic hydroxyl groups is 1. The van der Waals surface area contributed by atoms with Gasteiger partial charge in [0.2, 0.25) is 0 Å². The Balaban J connectivity index is 2.00. The second-order valence-corrected chi connectivity index (χ2v) is 2.98. The number of amides is 2. The lowest BCUT2D eigenvalue weighted by molar-refractivity contribution is 0.187. The summed E-state index contributed by atoms with van der Waals surface area (Å²) >= 11 is 0. The van der Waals surface area contributed by atoms with Crippen molar-refractivity contribution in [3.05, 3.63) is 0 Å². The van der Waals surface area contributed by atoms with Gasteiger partial charge in [-0.1, -0.05) is 0 Å². The molecule has 0 aromatic heterocycles. The first-order valence-electron chi connectivity index (χ1n) is 3.91. The van der Waals surface area contributed by atoms with Gasteiger partial charge in [0.15, 0.2) is 0 Å². The zero-order valence-corrected chi connectivity index (χ0v) is 6.63. The van der Waals surface area contributed by atoms with E-state index in [0.29, 0.717) is 12.6 Å². The molecule has 0 aromatic rings. The number of hydrogen-bond donors (Lipinski definition) is 3. The highest BCUT2D eigenvalue weighted by Crippen LogP contribution is 2.17. The van der Waals surface area contributed by atoms with Crippen molar-refractivity contribution in [2.45, 2.75) is 31.9 Å². The molecule has 1 unspecified atom stereocenters. The number of hydrogen-bond acceptors (Lipinski definition) is 2. The van der Waals surface area contributed by atoms with Gasteiger partial charge in [0, 0.05) is 12.6 Å². The molecule has 4 heteroatoms. The van der Waals surface area contributed by atoms with Crippen LogP contribution in [0.3, 0.4) is 0 Å². The van der Waals surface area contributed by atoms with Crippen LogP contribution in [0, 0.1) is 0 Å². The lowest BCUT2D eigenvalue weighted by Gasteiger charge is -2.07. The van der Waals surface area contributed by atoms with Crippen molar-refractivity contribution < 1.29 is 9.90 Å². The van der Waals surface area contributed by atoms with E-state index in [0.717, 1.165) is 12.8 Å². The van der Waals surface area contributed by atoms with Gasteiger partial charge >= 0.3 is 6.03 Å². The maximum Gasteiger partial charge on any atom is 0.315 e. The minimum Gasteiger partial charge on any atom is -0.392 e. The molecule has 0 spiro atoms. The van der Waals surface area contributed by atoms with E-state index >= 15 is 0 Å². The van der Waals surface area contributed by atoms with Gasteiger partial charge in [-0.15, -0.1) is 0 Å². The third kappa shape index (κ3) is 3.83. The molecule has 0 heterocycles. The Kier molecular flexibility index (Phi) is 2.70. The van der Waals surface area contributed by atoms with E-state index in [1.807, 2.05) is 0 Å². The molecule has 0 aliphatic heterocycles. The fraction of sp³-hybridized carbons (Fsp3) is 0.857. The molecular formula is C7H14N2O2. The Morgan fingerprint density at radius 3 is 2.82 bits per heavy atom. The summed E-state index contributed by atoms with van der Waals surface area (Å²) in [5.74, 6) is 0. The zero-order valence-electron chi connectivity index (χ0n) is 6.63. The van der Waals surface area contributed by atoms with Crippen LogP contribution < -0.4 is 10.6 Å². The number of rotatable bonds is 3. The van der Waals surface area contributed by atoms with Gasteiger partial charge in [0.25, 0.3) is 0 Å². The zero-order chi connectivity index (χ0) is 8.27. The Morgan fingerprint density at radius 1 is 1.73 bits per heavy atom. The van der Waals surface area contributed by atoms with Crippen LogP contribution in [0.2, 0.25) is 0 Å². The minimum absolute atomic E-state index is 0.173. The van der Waals surface area contributed by atoms with Gasteiger partial charge in [-0.2, -0.15) is 0 Å². The molecule has 11 heavy (non-hydrogen) atoms. The quantitative estimate of drug-likeness (QED) is 0.534. The van der Waals surface area contributed by atoms with Crippen LogP contribution in [0.25, 0.3) is 0 Å². The molecule has 2 amide bonds. The first-order chi connectivity index (χ1) is 5.18. The fourth-order valence-electron chi connectivity index (χ4n) is 0.705. The average molecular weight is 158 g/mol. The summed E-state index contributed by atoms with van der Waals surface area (Å²) in [6.45, 7) is 1.95. The van der Waals surface area contributed by atoms with Crippen LogP contribution in [0.15, 0.2) is 0 Å². The second-order valence-electron chi connectivity index (χ2n) is 2.98. The molecule has 3 N–H and O–H groups in total. The molecule has 1 saturated carbocycles. The van der Waals surface area contributed by atoms with Crippen molar-refractivity contribution in [1.29, 1.82) is 0 Å². The Bertz CT molecular complexity index is 143. The molecule has 64 valence electrons. The van der Waals surface area contributed by atoms with Crippen LogP contribution in [0.4, 0.5) is 4.79 Å². The lowest BCUT2D eigenvalue weighted by atomic mass is 10.4. The third-order valence-electron chi connectivity index (χ3n) is 1.47. The first-order valence-corrected chi connectivity index (χ1v) is 3.91. The van der Waals surface area contributed by atoms with Crippen molar-refractivity contribution in [1.82, 2.24) is 10.6 Å². The lowest BCUT2D eigenvalue weighted by Crippen LogP contribution is -2.39. The van der Waals surface area contributed by atoms with Crippen LogP contribution in [-0.2, 0) is 0 Å². The Morgan fingerprint density at radius 2 is 2.36 bits per heavy atom. The number of carbonyl (C=O) groups is 1. The summed E-state index contributed by atoms with van der Waals surface area (Å²) in [5, 5.41) is 14.1. The number of urea groups is 1. The largest absolute Gasteiger partial charge is 0.392 e. The summed E-state index contributed by atoms with van der Waals surface area (Å²) in [4.78, 5) is 10.9. The summed E-state index contributed by atoms with van der Waals surface area (Å²) < 4.78 is 0. The molecule has 1 fully saturated rings. The number of carbonyl (C=O) groups excluding carboxylic acids is 1. The third-order valence-corrected chi connectivity index (χ3v) is 1.47. The summed E-state index contributed by atoms with van der Waals surface area (Å²) in [5.41, 5.74) is 0. The molecule has 0 bridgehead atoms. The van der Waals surface area contributed by atoms with Crippen molar-refractivity contribution in [3.63, 3.8) is 0 Å². The van der Waals surface area contributed by atoms with E-state index in [2.05, 4.69) is 10.6 Å². The molecule has 0 saturated heterocycles. The fourth-order valence-corrected chi connectivity index (χ4v) is 0.705. The van der Waals surface area contributed by atoms with Gasteiger partial charge in [0.05, 0.1) is 6.10 Å². The monoisotopic (exact) mass is 158 g/mol. The number of nitrogens with one attached hydrogen (secondary N) is 2. The van der Waals surface area contributed by atoms with Crippen molar-refractivity contribution in [3.8, 4) is 0 Å².